The third kappa shape index (κ3) is 3.88. The number of carbonyl (C=O) groups excluding carboxylic acids is 1. The molecule has 23 heavy (non-hydrogen) atoms. The third-order valence-electron chi connectivity index (χ3n) is 3.33. The van der Waals surface area contributed by atoms with Crippen molar-refractivity contribution in [2.24, 2.45) is 0 Å². The summed E-state index contributed by atoms with van der Waals surface area (Å²) in [6, 6.07) is 5.50. The number of hydrogen-bond acceptors (Lipinski definition) is 6. The zero-order chi connectivity index (χ0) is 16.8. The molecule has 1 heterocycles. The number of rotatable bonds is 6. The lowest BCUT2D eigenvalue weighted by molar-refractivity contribution is 0.0939. The topological polar surface area (TPSA) is 82.6 Å². The van der Waals surface area contributed by atoms with Crippen LogP contribution < -0.4 is 19.5 Å². The van der Waals surface area contributed by atoms with Crippen LogP contribution in [0, 0.1) is 0 Å². The van der Waals surface area contributed by atoms with Crippen LogP contribution >= 0.6 is 0 Å². The maximum atomic E-state index is 12.2. The first-order valence-electron chi connectivity index (χ1n) is 6.97. The summed E-state index contributed by atoms with van der Waals surface area (Å²) < 4.78 is 15.3. The number of nitrogens with one attached hydrogen (secondary N) is 1. The monoisotopic (exact) mass is 317 g/mol. The van der Waals surface area contributed by atoms with Gasteiger partial charge in [-0.1, -0.05) is 6.07 Å². The summed E-state index contributed by atoms with van der Waals surface area (Å²) >= 11 is 0. The summed E-state index contributed by atoms with van der Waals surface area (Å²) in [5.41, 5.74) is 1.25. The van der Waals surface area contributed by atoms with Gasteiger partial charge in [0, 0.05) is 12.4 Å². The Bertz CT molecular complexity index is 674. The van der Waals surface area contributed by atoms with Crippen molar-refractivity contribution < 1.29 is 19.0 Å². The second-order valence-corrected chi connectivity index (χ2v) is 4.77. The van der Waals surface area contributed by atoms with Gasteiger partial charge in [0.2, 0.25) is 0 Å². The Balaban J connectivity index is 2.11. The zero-order valence-electron chi connectivity index (χ0n) is 13.5. The molecule has 0 aliphatic heterocycles. The van der Waals surface area contributed by atoms with Crippen LogP contribution in [0.4, 0.5) is 0 Å². The van der Waals surface area contributed by atoms with Gasteiger partial charge < -0.3 is 19.5 Å². The Morgan fingerprint density at radius 1 is 1.04 bits per heavy atom. The maximum absolute atomic E-state index is 12.2. The summed E-state index contributed by atoms with van der Waals surface area (Å²) in [6.07, 6.45) is 2.84. The van der Waals surface area contributed by atoms with E-state index >= 15 is 0 Å². The lowest BCUT2D eigenvalue weighted by Crippen LogP contribution is -2.26. The predicted molar refractivity (Wildman–Crippen MR) is 84.0 cm³/mol. The Morgan fingerprint density at radius 3 is 2.26 bits per heavy atom. The summed E-state index contributed by atoms with van der Waals surface area (Å²) in [5.74, 6) is 0.979. The van der Waals surface area contributed by atoms with Gasteiger partial charge in [0.15, 0.2) is 11.5 Å². The Labute approximate surface area is 134 Å². The minimum atomic E-state index is -0.269. The van der Waals surface area contributed by atoms with Gasteiger partial charge in [-0.05, 0) is 24.6 Å². The van der Waals surface area contributed by atoms with Crippen LogP contribution in [0.3, 0.4) is 0 Å². The van der Waals surface area contributed by atoms with Gasteiger partial charge >= 0.3 is 6.01 Å². The van der Waals surface area contributed by atoms with Crippen molar-refractivity contribution in [3.05, 3.63) is 41.7 Å². The first-order chi connectivity index (χ1) is 11.1. The molecule has 1 N–H and O–H groups in total. The summed E-state index contributed by atoms with van der Waals surface area (Å²) in [6.45, 7) is 1.88. The molecule has 0 fully saturated rings. The van der Waals surface area contributed by atoms with Crippen LogP contribution in [0.5, 0.6) is 17.5 Å². The summed E-state index contributed by atoms with van der Waals surface area (Å²) in [7, 11) is 4.61. The van der Waals surface area contributed by atoms with Crippen LogP contribution in [-0.4, -0.2) is 37.2 Å². The molecule has 1 aromatic heterocycles. The molecule has 0 saturated carbocycles. The van der Waals surface area contributed by atoms with E-state index in [0.29, 0.717) is 17.1 Å². The number of nitrogens with zero attached hydrogens (tertiary/aromatic N) is 2. The minimum Gasteiger partial charge on any atom is -0.493 e. The molecular weight excluding hydrogens is 298 g/mol. The maximum Gasteiger partial charge on any atom is 0.316 e. The molecule has 0 saturated heterocycles. The fourth-order valence-electron chi connectivity index (χ4n) is 2.02. The quantitative estimate of drug-likeness (QED) is 0.877. The summed E-state index contributed by atoms with van der Waals surface area (Å²) in [4.78, 5) is 20.1. The van der Waals surface area contributed by atoms with Crippen molar-refractivity contribution >= 4 is 5.91 Å². The van der Waals surface area contributed by atoms with Crippen molar-refractivity contribution in [2.75, 3.05) is 21.3 Å². The number of methoxy groups -OCH3 is 3. The normalized spacial score (nSPS) is 11.5. The second kappa shape index (κ2) is 7.44. The smallest absolute Gasteiger partial charge is 0.316 e. The van der Waals surface area contributed by atoms with Gasteiger partial charge in [-0.2, -0.15) is 0 Å². The van der Waals surface area contributed by atoms with Crippen molar-refractivity contribution in [3.8, 4) is 17.5 Å². The molecule has 0 radical (unpaired) electrons. The van der Waals surface area contributed by atoms with Crippen LogP contribution in [-0.2, 0) is 0 Å². The van der Waals surface area contributed by atoms with E-state index in [1.165, 1.54) is 19.5 Å². The second-order valence-electron chi connectivity index (χ2n) is 4.77. The van der Waals surface area contributed by atoms with Gasteiger partial charge in [0.1, 0.15) is 0 Å². The molecule has 1 aromatic carbocycles. The van der Waals surface area contributed by atoms with Gasteiger partial charge in [0.05, 0.1) is 32.9 Å². The van der Waals surface area contributed by atoms with Gasteiger partial charge in [-0.15, -0.1) is 0 Å². The number of ether oxygens (including phenoxy) is 3. The molecule has 0 aliphatic carbocycles. The third-order valence-corrected chi connectivity index (χ3v) is 3.33. The number of amides is 1. The SMILES string of the molecule is COc1ncc(C(=O)N[C@H](C)c2ccc(OC)c(OC)c2)cn1. The van der Waals surface area contributed by atoms with Gasteiger partial charge in [-0.25, -0.2) is 9.97 Å². The average Bonchev–Trinajstić information content (AvgIpc) is 2.60. The first kappa shape index (κ1) is 16.5. The van der Waals surface area contributed by atoms with Gasteiger partial charge in [-0.3, -0.25) is 4.79 Å². The van der Waals surface area contributed by atoms with E-state index in [1.54, 1.807) is 20.3 Å². The van der Waals surface area contributed by atoms with Crippen LogP contribution in [0.25, 0.3) is 0 Å². The highest BCUT2D eigenvalue weighted by Crippen LogP contribution is 2.29. The molecule has 0 bridgehead atoms. The zero-order valence-corrected chi connectivity index (χ0v) is 13.5. The molecule has 0 unspecified atom stereocenters. The van der Waals surface area contributed by atoms with Crippen LogP contribution in [0.15, 0.2) is 30.6 Å². The predicted octanol–water partition coefficient (Wildman–Crippen LogP) is 1.99. The van der Waals surface area contributed by atoms with Crippen molar-refractivity contribution in [3.63, 3.8) is 0 Å². The minimum absolute atomic E-state index is 0.217. The molecule has 122 valence electrons. The van der Waals surface area contributed by atoms with Gasteiger partial charge in [0.25, 0.3) is 5.91 Å². The molecule has 0 aliphatic rings. The Hall–Kier alpha value is -2.83. The number of aromatic nitrogens is 2. The van der Waals surface area contributed by atoms with Crippen LogP contribution in [0.2, 0.25) is 0 Å². The highest BCUT2D eigenvalue weighted by molar-refractivity contribution is 5.93. The van der Waals surface area contributed by atoms with E-state index in [2.05, 4.69) is 15.3 Å². The number of carbonyl (C=O) groups is 1. The molecular formula is C16H19N3O4. The van der Waals surface area contributed by atoms with E-state index in [-0.39, 0.29) is 18.0 Å². The van der Waals surface area contributed by atoms with Crippen molar-refractivity contribution in [2.45, 2.75) is 13.0 Å². The van der Waals surface area contributed by atoms with E-state index < -0.39 is 0 Å². The number of benzene rings is 1. The van der Waals surface area contributed by atoms with Crippen molar-refractivity contribution in [1.82, 2.24) is 15.3 Å². The Kier molecular flexibility index (Phi) is 5.35. The standard InChI is InChI=1S/C16H19N3O4/c1-10(11-5-6-13(21-2)14(7-11)22-3)19-15(20)12-8-17-16(23-4)18-9-12/h5-10H,1-4H3,(H,19,20)/t10-/m1/s1. The van der Waals surface area contributed by atoms with E-state index in [4.69, 9.17) is 14.2 Å². The largest absolute Gasteiger partial charge is 0.493 e. The molecule has 7 nitrogen and oxygen atoms in total. The Morgan fingerprint density at radius 2 is 1.70 bits per heavy atom. The van der Waals surface area contributed by atoms with Crippen molar-refractivity contribution in [1.29, 1.82) is 0 Å². The molecule has 2 rings (SSSR count). The fraction of sp³-hybridized carbons (Fsp3) is 0.312. The highest BCUT2D eigenvalue weighted by atomic mass is 16.5. The lowest BCUT2D eigenvalue weighted by atomic mass is 10.1. The molecule has 1 amide bonds. The molecule has 1 atom stereocenters. The number of hydrogen-bond donors (Lipinski definition) is 1. The molecule has 2 aromatic rings. The highest BCUT2D eigenvalue weighted by Gasteiger charge is 2.14. The molecule has 7 heteroatoms. The van der Waals surface area contributed by atoms with E-state index in [9.17, 15) is 4.79 Å². The summed E-state index contributed by atoms with van der Waals surface area (Å²) in [5, 5.41) is 2.88. The average molecular weight is 317 g/mol. The molecule has 0 spiro atoms. The fourth-order valence-corrected chi connectivity index (χ4v) is 2.02. The van der Waals surface area contributed by atoms with E-state index in [0.717, 1.165) is 5.56 Å². The van der Waals surface area contributed by atoms with Crippen LogP contribution in [0.1, 0.15) is 28.9 Å². The first-order valence-corrected chi connectivity index (χ1v) is 6.97. The van der Waals surface area contributed by atoms with E-state index in [1.807, 2.05) is 19.1 Å². The lowest BCUT2D eigenvalue weighted by Gasteiger charge is -2.16.